The highest BCUT2D eigenvalue weighted by Gasteiger charge is 2.03. The van der Waals surface area contributed by atoms with Crippen molar-refractivity contribution in [2.75, 3.05) is 0 Å². The van der Waals surface area contributed by atoms with Crippen LogP contribution in [0.1, 0.15) is 11.3 Å². The number of pyridine rings is 1. The van der Waals surface area contributed by atoms with Crippen LogP contribution in [0.3, 0.4) is 0 Å². The number of benzene rings is 1. The van der Waals surface area contributed by atoms with E-state index in [1.807, 2.05) is 19.1 Å². The van der Waals surface area contributed by atoms with Crippen molar-refractivity contribution in [2.45, 2.75) is 13.5 Å². The predicted octanol–water partition coefficient (Wildman–Crippen LogP) is 3.11. The maximum atomic E-state index is 13.2. The molecule has 0 bridgehead atoms. The van der Waals surface area contributed by atoms with E-state index >= 15 is 0 Å². The molecule has 0 spiro atoms. The molecule has 1 heterocycles. The van der Waals surface area contributed by atoms with Crippen LogP contribution in [0.2, 0.25) is 0 Å². The number of aromatic nitrogens is 1. The number of nitrogens with zero attached hydrogens (tertiary/aromatic N) is 1. The van der Waals surface area contributed by atoms with E-state index in [2.05, 4.69) is 4.98 Å². The summed E-state index contributed by atoms with van der Waals surface area (Å²) in [5.41, 5.74) is 1.87. The van der Waals surface area contributed by atoms with Gasteiger partial charge in [0.25, 0.3) is 0 Å². The second kappa shape index (κ2) is 4.75. The van der Waals surface area contributed by atoms with Gasteiger partial charge in [0.1, 0.15) is 6.61 Å². The summed E-state index contributed by atoms with van der Waals surface area (Å²) >= 11 is 0. The lowest BCUT2D eigenvalue weighted by Gasteiger charge is -2.07. The number of hydrogen-bond donors (Lipinski definition) is 0. The summed E-state index contributed by atoms with van der Waals surface area (Å²) in [6.45, 7) is 2.24. The van der Waals surface area contributed by atoms with Gasteiger partial charge in [0, 0.05) is 6.20 Å². The Morgan fingerprint density at radius 3 is 2.75 bits per heavy atom. The van der Waals surface area contributed by atoms with Crippen molar-refractivity contribution in [3.05, 3.63) is 59.7 Å². The molecule has 1 aromatic heterocycles. The first-order valence-corrected chi connectivity index (χ1v) is 5.05. The van der Waals surface area contributed by atoms with Crippen LogP contribution < -0.4 is 4.74 Å². The molecule has 0 unspecified atom stereocenters. The monoisotopic (exact) mass is 217 g/mol. The standard InChI is InChI=1S/C13H12FNO/c1-10-5-4-8-15-12(10)9-16-13-7-3-2-6-11(13)14/h2-8H,9H2,1H3. The van der Waals surface area contributed by atoms with Crippen LogP contribution in [0.4, 0.5) is 4.39 Å². The minimum absolute atomic E-state index is 0.257. The molecule has 0 fully saturated rings. The molecule has 1 aromatic carbocycles. The number of ether oxygens (including phenoxy) is 1. The summed E-state index contributed by atoms with van der Waals surface area (Å²) in [7, 11) is 0. The maximum absolute atomic E-state index is 13.2. The Morgan fingerprint density at radius 1 is 1.19 bits per heavy atom. The van der Waals surface area contributed by atoms with Crippen molar-refractivity contribution < 1.29 is 9.13 Å². The van der Waals surface area contributed by atoms with Gasteiger partial charge in [0.15, 0.2) is 11.6 Å². The van der Waals surface area contributed by atoms with E-state index in [9.17, 15) is 4.39 Å². The predicted molar refractivity (Wildman–Crippen MR) is 59.7 cm³/mol. The van der Waals surface area contributed by atoms with Crippen molar-refractivity contribution in [3.63, 3.8) is 0 Å². The van der Waals surface area contributed by atoms with Crippen molar-refractivity contribution in [1.29, 1.82) is 0 Å². The lowest BCUT2D eigenvalue weighted by molar-refractivity contribution is 0.285. The fourth-order valence-electron chi connectivity index (χ4n) is 1.38. The van der Waals surface area contributed by atoms with Gasteiger partial charge in [-0.3, -0.25) is 4.98 Å². The second-order valence-electron chi connectivity index (χ2n) is 3.49. The first-order valence-electron chi connectivity index (χ1n) is 5.05. The molecule has 0 amide bonds. The van der Waals surface area contributed by atoms with E-state index in [0.717, 1.165) is 11.3 Å². The van der Waals surface area contributed by atoms with Gasteiger partial charge in [-0.05, 0) is 30.7 Å². The van der Waals surface area contributed by atoms with Gasteiger partial charge < -0.3 is 4.74 Å². The zero-order valence-electron chi connectivity index (χ0n) is 8.98. The number of halogens is 1. The van der Waals surface area contributed by atoms with Crippen molar-refractivity contribution >= 4 is 0 Å². The lowest BCUT2D eigenvalue weighted by atomic mass is 10.2. The van der Waals surface area contributed by atoms with Crippen LogP contribution in [0, 0.1) is 12.7 Å². The van der Waals surface area contributed by atoms with Gasteiger partial charge in [-0.25, -0.2) is 4.39 Å². The highest BCUT2D eigenvalue weighted by Crippen LogP contribution is 2.17. The SMILES string of the molecule is Cc1cccnc1COc1ccccc1F. The minimum Gasteiger partial charge on any atom is -0.484 e. The molecule has 0 N–H and O–H groups in total. The van der Waals surface area contributed by atoms with Crippen molar-refractivity contribution in [1.82, 2.24) is 4.98 Å². The lowest BCUT2D eigenvalue weighted by Crippen LogP contribution is -2.01. The van der Waals surface area contributed by atoms with E-state index in [4.69, 9.17) is 4.74 Å². The maximum Gasteiger partial charge on any atom is 0.165 e. The molecule has 0 aliphatic carbocycles. The smallest absolute Gasteiger partial charge is 0.165 e. The molecule has 82 valence electrons. The molecule has 0 radical (unpaired) electrons. The third-order valence-electron chi connectivity index (χ3n) is 2.32. The Morgan fingerprint density at radius 2 is 2.00 bits per heavy atom. The summed E-state index contributed by atoms with van der Waals surface area (Å²) in [6.07, 6.45) is 1.70. The van der Waals surface area contributed by atoms with Gasteiger partial charge in [0.05, 0.1) is 5.69 Å². The molecule has 0 saturated heterocycles. The van der Waals surface area contributed by atoms with Gasteiger partial charge in [0.2, 0.25) is 0 Å². The largest absolute Gasteiger partial charge is 0.484 e. The van der Waals surface area contributed by atoms with Crippen LogP contribution in [-0.2, 0) is 6.61 Å². The summed E-state index contributed by atoms with van der Waals surface area (Å²) in [5.74, 6) is -0.0939. The van der Waals surface area contributed by atoms with Crippen molar-refractivity contribution in [2.24, 2.45) is 0 Å². The third kappa shape index (κ3) is 2.37. The molecule has 3 heteroatoms. The highest BCUT2D eigenvalue weighted by atomic mass is 19.1. The fraction of sp³-hybridized carbons (Fsp3) is 0.154. The Labute approximate surface area is 93.7 Å². The van der Waals surface area contributed by atoms with E-state index in [1.165, 1.54) is 6.07 Å². The minimum atomic E-state index is -0.351. The number of rotatable bonds is 3. The van der Waals surface area contributed by atoms with E-state index in [1.54, 1.807) is 24.4 Å². The van der Waals surface area contributed by atoms with E-state index in [-0.39, 0.29) is 18.2 Å². The van der Waals surface area contributed by atoms with Crippen LogP contribution in [0.25, 0.3) is 0 Å². The van der Waals surface area contributed by atoms with Crippen LogP contribution in [0.5, 0.6) is 5.75 Å². The van der Waals surface area contributed by atoms with E-state index < -0.39 is 0 Å². The topological polar surface area (TPSA) is 22.1 Å². The number of hydrogen-bond acceptors (Lipinski definition) is 2. The Balaban J connectivity index is 2.09. The first-order chi connectivity index (χ1) is 7.77. The summed E-state index contributed by atoms with van der Waals surface area (Å²) in [6, 6.07) is 10.2. The number of aryl methyl sites for hydroxylation is 1. The molecule has 0 aliphatic rings. The quantitative estimate of drug-likeness (QED) is 0.788. The first kappa shape index (κ1) is 10.6. The Bertz CT molecular complexity index is 439. The molecule has 0 atom stereocenters. The molecular formula is C13H12FNO. The second-order valence-corrected chi connectivity index (χ2v) is 3.49. The summed E-state index contributed by atoms with van der Waals surface area (Å²) in [4.78, 5) is 4.18. The third-order valence-corrected chi connectivity index (χ3v) is 2.32. The normalized spacial score (nSPS) is 10.1. The van der Waals surface area contributed by atoms with Gasteiger partial charge >= 0.3 is 0 Å². The molecule has 2 rings (SSSR count). The summed E-state index contributed by atoms with van der Waals surface area (Å²) in [5, 5.41) is 0. The van der Waals surface area contributed by atoms with Crippen molar-refractivity contribution in [3.8, 4) is 5.75 Å². The molecule has 16 heavy (non-hydrogen) atoms. The van der Waals surface area contributed by atoms with Crippen LogP contribution >= 0.6 is 0 Å². The average molecular weight is 217 g/mol. The van der Waals surface area contributed by atoms with Gasteiger partial charge in [-0.2, -0.15) is 0 Å². The Hall–Kier alpha value is -1.90. The highest BCUT2D eigenvalue weighted by molar-refractivity contribution is 5.24. The molecule has 0 saturated carbocycles. The summed E-state index contributed by atoms with van der Waals surface area (Å²) < 4.78 is 18.6. The molecule has 0 aliphatic heterocycles. The molecular weight excluding hydrogens is 205 g/mol. The Kier molecular flexibility index (Phi) is 3.15. The number of para-hydroxylation sites is 1. The van der Waals surface area contributed by atoms with E-state index in [0.29, 0.717) is 0 Å². The molecule has 2 aromatic rings. The van der Waals surface area contributed by atoms with Gasteiger partial charge in [-0.15, -0.1) is 0 Å². The zero-order valence-corrected chi connectivity index (χ0v) is 8.98. The van der Waals surface area contributed by atoms with Crippen LogP contribution in [-0.4, -0.2) is 4.98 Å². The zero-order chi connectivity index (χ0) is 11.4. The average Bonchev–Trinajstić information content (AvgIpc) is 2.30. The fourth-order valence-corrected chi connectivity index (χ4v) is 1.38. The molecule has 2 nitrogen and oxygen atoms in total. The van der Waals surface area contributed by atoms with Crippen LogP contribution in [0.15, 0.2) is 42.6 Å². The van der Waals surface area contributed by atoms with Gasteiger partial charge in [-0.1, -0.05) is 18.2 Å².